The molecule has 0 aliphatic heterocycles. The molecular formula is C11H22N2O2. The van der Waals surface area contributed by atoms with E-state index >= 15 is 0 Å². The molecule has 0 radical (unpaired) electrons. The van der Waals surface area contributed by atoms with Gasteiger partial charge in [0.25, 0.3) is 0 Å². The smallest absolute Gasteiger partial charge is 0.141 e. The van der Waals surface area contributed by atoms with Crippen LogP contribution in [-0.2, 0) is 4.74 Å². The van der Waals surface area contributed by atoms with Gasteiger partial charge >= 0.3 is 0 Å². The van der Waals surface area contributed by atoms with Crippen molar-refractivity contribution in [1.82, 2.24) is 0 Å². The van der Waals surface area contributed by atoms with Crippen LogP contribution in [0.15, 0.2) is 5.16 Å². The van der Waals surface area contributed by atoms with Gasteiger partial charge < -0.3 is 15.7 Å². The molecule has 4 heteroatoms. The van der Waals surface area contributed by atoms with Gasteiger partial charge in [-0.2, -0.15) is 0 Å². The standard InChI is InChI=1S/C11H22N2O2/c1-8-5-9(2)7-10(6-8)15-4-3-11(12)13-14/h8-10,14H,3-7H2,1-2H3,(H2,12,13). The van der Waals surface area contributed by atoms with E-state index < -0.39 is 0 Å². The highest BCUT2D eigenvalue weighted by molar-refractivity contribution is 5.79. The molecule has 2 atom stereocenters. The summed E-state index contributed by atoms with van der Waals surface area (Å²) in [6.07, 6.45) is 4.45. The Hall–Kier alpha value is -0.770. The number of oxime groups is 1. The zero-order chi connectivity index (χ0) is 11.3. The maximum Gasteiger partial charge on any atom is 0.141 e. The van der Waals surface area contributed by atoms with Crippen molar-refractivity contribution in [3.8, 4) is 0 Å². The van der Waals surface area contributed by atoms with E-state index in [9.17, 15) is 0 Å². The highest BCUT2D eigenvalue weighted by Gasteiger charge is 2.24. The van der Waals surface area contributed by atoms with E-state index in [1.54, 1.807) is 0 Å². The van der Waals surface area contributed by atoms with Crippen molar-refractivity contribution in [1.29, 1.82) is 0 Å². The molecule has 3 N–H and O–H groups in total. The average molecular weight is 214 g/mol. The summed E-state index contributed by atoms with van der Waals surface area (Å²) in [5.74, 6) is 1.75. The summed E-state index contributed by atoms with van der Waals surface area (Å²) < 4.78 is 5.72. The van der Waals surface area contributed by atoms with Crippen LogP contribution in [0.3, 0.4) is 0 Å². The number of amidine groups is 1. The summed E-state index contributed by atoms with van der Waals surface area (Å²) in [5.41, 5.74) is 5.36. The summed E-state index contributed by atoms with van der Waals surface area (Å²) in [5, 5.41) is 11.3. The molecule has 1 saturated carbocycles. The van der Waals surface area contributed by atoms with E-state index in [0.717, 1.165) is 24.7 Å². The Bertz CT molecular complexity index is 209. The van der Waals surface area contributed by atoms with Crippen molar-refractivity contribution in [2.75, 3.05) is 6.61 Å². The Morgan fingerprint density at radius 3 is 2.47 bits per heavy atom. The van der Waals surface area contributed by atoms with Gasteiger partial charge in [-0.25, -0.2) is 0 Å². The fourth-order valence-corrected chi connectivity index (χ4v) is 2.39. The van der Waals surface area contributed by atoms with Gasteiger partial charge in [-0.15, -0.1) is 0 Å². The van der Waals surface area contributed by atoms with Crippen LogP contribution < -0.4 is 5.73 Å². The van der Waals surface area contributed by atoms with Gasteiger partial charge in [0.05, 0.1) is 12.7 Å². The molecule has 0 amide bonds. The number of hydrogen-bond acceptors (Lipinski definition) is 3. The van der Waals surface area contributed by atoms with E-state index in [-0.39, 0.29) is 5.84 Å². The van der Waals surface area contributed by atoms with Crippen molar-refractivity contribution < 1.29 is 9.94 Å². The van der Waals surface area contributed by atoms with Crippen LogP contribution in [0, 0.1) is 11.8 Å². The lowest BCUT2D eigenvalue weighted by molar-refractivity contribution is 0.00428. The molecular weight excluding hydrogens is 192 g/mol. The fraction of sp³-hybridized carbons (Fsp3) is 0.909. The first-order valence-corrected chi connectivity index (χ1v) is 5.69. The molecule has 0 heterocycles. The van der Waals surface area contributed by atoms with Gasteiger partial charge in [-0.05, 0) is 31.1 Å². The quantitative estimate of drug-likeness (QED) is 0.325. The lowest BCUT2D eigenvalue weighted by Crippen LogP contribution is -2.27. The molecule has 1 rings (SSSR count). The van der Waals surface area contributed by atoms with Gasteiger partial charge in [0.2, 0.25) is 0 Å². The van der Waals surface area contributed by atoms with Crippen LogP contribution in [0.5, 0.6) is 0 Å². The largest absolute Gasteiger partial charge is 0.409 e. The van der Waals surface area contributed by atoms with Crippen LogP contribution in [0.1, 0.15) is 39.5 Å². The van der Waals surface area contributed by atoms with Gasteiger partial charge in [0.1, 0.15) is 5.84 Å². The highest BCUT2D eigenvalue weighted by atomic mass is 16.5. The second-order valence-corrected chi connectivity index (χ2v) is 4.75. The Labute approximate surface area is 91.5 Å². The van der Waals surface area contributed by atoms with Gasteiger partial charge in [0, 0.05) is 6.42 Å². The Balaban J connectivity index is 2.20. The molecule has 0 aromatic carbocycles. The molecule has 1 aliphatic rings. The zero-order valence-electron chi connectivity index (χ0n) is 9.65. The van der Waals surface area contributed by atoms with Gasteiger partial charge in [-0.3, -0.25) is 0 Å². The predicted octanol–water partition coefficient (Wildman–Crippen LogP) is 1.96. The average Bonchev–Trinajstić information content (AvgIpc) is 2.16. The monoisotopic (exact) mass is 214 g/mol. The highest BCUT2D eigenvalue weighted by Crippen LogP contribution is 2.30. The van der Waals surface area contributed by atoms with Gasteiger partial charge in [-0.1, -0.05) is 19.0 Å². The van der Waals surface area contributed by atoms with E-state index in [4.69, 9.17) is 15.7 Å². The Kier molecular flexibility index (Phi) is 4.88. The van der Waals surface area contributed by atoms with E-state index in [1.165, 1.54) is 6.42 Å². The van der Waals surface area contributed by atoms with Crippen LogP contribution in [-0.4, -0.2) is 23.8 Å². The summed E-state index contributed by atoms with van der Waals surface area (Å²) in [7, 11) is 0. The minimum Gasteiger partial charge on any atom is -0.409 e. The lowest BCUT2D eigenvalue weighted by atomic mass is 9.82. The second kappa shape index (κ2) is 5.95. The fourth-order valence-electron chi connectivity index (χ4n) is 2.39. The number of hydrogen-bond donors (Lipinski definition) is 2. The molecule has 15 heavy (non-hydrogen) atoms. The van der Waals surface area contributed by atoms with Crippen molar-refractivity contribution >= 4 is 5.84 Å². The van der Waals surface area contributed by atoms with Crippen molar-refractivity contribution in [2.45, 2.75) is 45.6 Å². The number of ether oxygens (including phenoxy) is 1. The summed E-state index contributed by atoms with van der Waals surface area (Å²) >= 11 is 0. The maximum absolute atomic E-state index is 8.36. The normalized spacial score (nSPS) is 32.9. The van der Waals surface area contributed by atoms with E-state index in [0.29, 0.717) is 19.1 Å². The van der Waals surface area contributed by atoms with Crippen LogP contribution >= 0.6 is 0 Å². The molecule has 4 nitrogen and oxygen atoms in total. The van der Waals surface area contributed by atoms with Crippen molar-refractivity contribution in [3.05, 3.63) is 0 Å². The molecule has 1 fully saturated rings. The second-order valence-electron chi connectivity index (χ2n) is 4.75. The molecule has 1 aliphatic carbocycles. The minimum atomic E-state index is 0.243. The number of nitrogens with zero attached hydrogens (tertiary/aromatic N) is 1. The van der Waals surface area contributed by atoms with Crippen molar-refractivity contribution in [3.63, 3.8) is 0 Å². The van der Waals surface area contributed by atoms with E-state index in [2.05, 4.69) is 19.0 Å². The first-order valence-electron chi connectivity index (χ1n) is 5.69. The summed E-state index contributed by atoms with van der Waals surface area (Å²) in [6.45, 7) is 5.10. The van der Waals surface area contributed by atoms with Gasteiger partial charge in [0.15, 0.2) is 0 Å². The molecule has 0 saturated heterocycles. The molecule has 0 aromatic heterocycles. The summed E-state index contributed by atoms with van der Waals surface area (Å²) in [6, 6.07) is 0. The molecule has 88 valence electrons. The lowest BCUT2D eigenvalue weighted by Gasteiger charge is -2.31. The molecule has 0 spiro atoms. The first-order chi connectivity index (χ1) is 7.11. The predicted molar refractivity (Wildman–Crippen MR) is 59.9 cm³/mol. The topological polar surface area (TPSA) is 67.8 Å². The third-order valence-corrected chi connectivity index (χ3v) is 2.98. The maximum atomic E-state index is 8.36. The Morgan fingerprint density at radius 1 is 1.33 bits per heavy atom. The van der Waals surface area contributed by atoms with Crippen LogP contribution in [0.2, 0.25) is 0 Å². The summed E-state index contributed by atoms with van der Waals surface area (Å²) in [4.78, 5) is 0. The third-order valence-electron chi connectivity index (χ3n) is 2.98. The molecule has 0 bridgehead atoms. The molecule has 0 aromatic rings. The number of nitrogens with two attached hydrogens (primary N) is 1. The van der Waals surface area contributed by atoms with Crippen LogP contribution in [0.4, 0.5) is 0 Å². The third kappa shape index (κ3) is 4.51. The van der Waals surface area contributed by atoms with E-state index in [1.807, 2.05) is 0 Å². The Morgan fingerprint density at radius 2 is 1.93 bits per heavy atom. The van der Waals surface area contributed by atoms with Crippen molar-refractivity contribution in [2.24, 2.45) is 22.7 Å². The van der Waals surface area contributed by atoms with Crippen LogP contribution in [0.25, 0.3) is 0 Å². The first kappa shape index (κ1) is 12.3. The minimum absolute atomic E-state index is 0.243. The molecule has 2 unspecified atom stereocenters. The zero-order valence-corrected chi connectivity index (χ0v) is 9.65. The number of rotatable bonds is 4. The SMILES string of the molecule is CC1CC(C)CC(OCCC(N)=NO)C1.